The second-order valence-corrected chi connectivity index (χ2v) is 5.82. The van der Waals surface area contributed by atoms with Crippen LogP contribution in [0.15, 0.2) is 24.3 Å². The van der Waals surface area contributed by atoms with Crippen molar-refractivity contribution < 1.29 is 23.5 Å². The summed E-state index contributed by atoms with van der Waals surface area (Å²) in [6.07, 6.45) is 4.35. The van der Waals surface area contributed by atoms with Gasteiger partial charge in [0.15, 0.2) is 24.8 Å². The third-order valence-corrected chi connectivity index (χ3v) is 4.00. The smallest absolute Gasteiger partial charge is 0.344 e. The van der Waals surface area contributed by atoms with Gasteiger partial charge in [-0.25, -0.2) is 9.18 Å². The Kier molecular flexibility index (Phi) is 6.38. The Morgan fingerprint density at radius 2 is 1.96 bits per heavy atom. The van der Waals surface area contributed by atoms with Crippen molar-refractivity contribution in [3.05, 3.63) is 30.1 Å². The molecular weight excluding hydrogens is 301 g/mol. The van der Waals surface area contributed by atoms with Gasteiger partial charge in [0.05, 0.1) is 0 Å². The molecule has 0 aliphatic heterocycles. The predicted octanol–water partition coefficient (Wildman–Crippen LogP) is 2.44. The molecule has 5 nitrogen and oxygen atoms in total. The normalized spacial score (nSPS) is 20.6. The largest absolute Gasteiger partial charge is 0.479 e. The van der Waals surface area contributed by atoms with Gasteiger partial charge in [-0.3, -0.25) is 4.79 Å². The second kappa shape index (κ2) is 8.50. The van der Waals surface area contributed by atoms with E-state index in [-0.39, 0.29) is 24.3 Å². The van der Waals surface area contributed by atoms with Crippen LogP contribution in [-0.2, 0) is 14.3 Å². The first-order valence-electron chi connectivity index (χ1n) is 7.88. The lowest BCUT2D eigenvalue weighted by atomic mass is 9.86. The summed E-state index contributed by atoms with van der Waals surface area (Å²) >= 11 is 0. The molecule has 1 fully saturated rings. The van der Waals surface area contributed by atoms with Crippen LogP contribution < -0.4 is 10.1 Å². The van der Waals surface area contributed by atoms with Crippen molar-refractivity contribution >= 4 is 11.9 Å². The highest BCUT2D eigenvalue weighted by molar-refractivity contribution is 5.81. The van der Waals surface area contributed by atoms with Crippen LogP contribution in [0, 0.1) is 11.7 Å². The maximum atomic E-state index is 13.3. The highest BCUT2D eigenvalue weighted by atomic mass is 19.1. The van der Waals surface area contributed by atoms with E-state index in [9.17, 15) is 14.0 Å². The van der Waals surface area contributed by atoms with E-state index in [2.05, 4.69) is 12.2 Å². The van der Waals surface area contributed by atoms with Gasteiger partial charge in [0.1, 0.15) is 0 Å². The van der Waals surface area contributed by atoms with Gasteiger partial charge < -0.3 is 14.8 Å². The molecule has 0 bridgehead atoms. The Bertz CT molecular complexity index is 549. The number of carbonyl (C=O) groups is 2. The molecule has 0 heterocycles. The molecule has 1 saturated carbocycles. The van der Waals surface area contributed by atoms with Crippen molar-refractivity contribution in [1.29, 1.82) is 0 Å². The van der Waals surface area contributed by atoms with E-state index in [0.29, 0.717) is 5.92 Å². The first kappa shape index (κ1) is 17.2. The van der Waals surface area contributed by atoms with Gasteiger partial charge in [0.2, 0.25) is 0 Å². The Morgan fingerprint density at radius 1 is 1.22 bits per heavy atom. The zero-order valence-corrected chi connectivity index (χ0v) is 13.2. The number of nitrogens with one attached hydrogen (secondary N) is 1. The Hall–Kier alpha value is -2.11. The standard InChI is InChI=1S/C17H22FNO4/c1-12-6-2-4-8-14(12)19-16(20)10-23-17(21)11-22-15-9-5-3-7-13(15)18/h3,5,7,9,12,14H,2,4,6,8,10-11H2,1H3,(H,19,20)/t12-,14-/m0/s1. The number of hydrogen-bond donors (Lipinski definition) is 1. The molecular formula is C17H22FNO4. The van der Waals surface area contributed by atoms with Crippen molar-refractivity contribution in [1.82, 2.24) is 5.32 Å². The SMILES string of the molecule is C[C@H]1CCCC[C@@H]1NC(=O)COC(=O)COc1ccccc1F. The van der Waals surface area contributed by atoms with Crippen LogP contribution in [0.25, 0.3) is 0 Å². The summed E-state index contributed by atoms with van der Waals surface area (Å²) in [7, 11) is 0. The molecule has 1 N–H and O–H groups in total. The minimum atomic E-state index is -0.708. The first-order chi connectivity index (χ1) is 11.1. The van der Waals surface area contributed by atoms with E-state index in [4.69, 9.17) is 9.47 Å². The van der Waals surface area contributed by atoms with E-state index >= 15 is 0 Å². The van der Waals surface area contributed by atoms with Crippen molar-refractivity contribution in [2.45, 2.75) is 38.6 Å². The van der Waals surface area contributed by atoms with Crippen LogP contribution in [0.2, 0.25) is 0 Å². The molecule has 2 atom stereocenters. The summed E-state index contributed by atoms with van der Waals surface area (Å²) in [5, 5.41) is 2.89. The molecule has 126 valence electrons. The highest BCUT2D eigenvalue weighted by Crippen LogP contribution is 2.23. The van der Waals surface area contributed by atoms with Crippen LogP contribution in [0.3, 0.4) is 0 Å². The number of ether oxygens (including phenoxy) is 2. The highest BCUT2D eigenvalue weighted by Gasteiger charge is 2.23. The molecule has 0 radical (unpaired) electrons. The molecule has 0 spiro atoms. The van der Waals surface area contributed by atoms with Crippen molar-refractivity contribution in [3.8, 4) is 5.75 Å². The summed E-state index contributed by atoms with van der Waals surface area (Å²) < 4.78 is 23.2. The van der Waals surface area contributed by atoms with E-state index in [1.165, 1.54) is 24.6 Å². The molecule has 1 aliphatic carbocycles. The number of hydrogen-bond acceptors (Lipinski definition) is 4. The summed E-state index contributed by atoms with van der Waals surface area (Å²) in [6.45, 7) is 1.33. The predicted molar refractivity (Wildman–Crippen MR) is 82.4 cm³/mol. The Balaban J connectivity index is 1.67. The maximum Gasteiger partial charge on any atom is 0.344 e. The number of benzene rings is 1. The monoisotopic (exact) mass is 323 g/mol. The van der Waals surface area contributed by atoms with E-state index in [1.54, 1.807) is 6.07 Å². The third kappa shape index (κ3) is 5.54. The van der Waals surface area contributed by atoms with Crippen LogP contribution in [0.5, 0.6) is 5.75 Å². The lowest BCUT2D eigenvalue weighted by Crippen LogP contribution is -2.43. The fraction of sp³-hybridized carbons (Fsp3) is 0.529. The molecule has 0 unspecified atom stereocenters. The number of carbonyl (C=O) groups excluding carboxylic acids is 2. The minimum absolute atomic E-state index is 0.0232. The Morgan fingerprint density at radius 3 is 2.70 bits per heavy atom. The van der Waals surface area contributed by atoms with Gasteiger partial charge in [-0.05, 0) is 30.9 Å². The molecule has 1 amide bonds. The molecule has 6 heteroatoms. The van der Waals surface area contributed by atoms with Crippen molar-refractivity contribution in [2.75, 3.05) is 13.2 Å². The molecule has 1 aromatic carbocycles. The van der Waals surface area contributed by atoms with Gasteiger partial charge >= 0.3 is 5.97 Å². The summed E-state index contributed by atoms with van der Waals surface area (Å²) in [6, 6.07) is 5.92. The lowest BCUT2D eigenvalue weighted by Gasteiger charge is -2.29. The van der Waals surface area contributed by atoms with Crippen LogP contribution in [0.4, 0.5) is 4.39 Å². The van der Waals surface area contributed by atoms with Crippen molar-refractivity contribution in [2.24, 2.45) is 5.92 Å². The van der Waals surface area contributed by atoms with Crippen LogP contribution in [0.1, 0.15) is 32.6 Å². The van der Waals surface area contributed by atoms with Gasteiger partial charge in [-0.15, -0.1) is 0 Å². The number of halogens is 1. The number of amides is 1. The number of esters is 1. The van der Waals surface area contributed by atoms with Gasteiger partial charge in [0, 0.05) is 6.04 Å². The maximum absolute atomic E-state index is 13.3. The quantitative estimate of drug-likeness (QED) is 0.817. The number of rotatable bonds is 6. The number of para-hydroxylation sites is 1. The minimum Gasteiger partial charge on any atom is -0.479 e. The van der Waals surface area contributed by atoms with E-state index in [1.807, 2.05) is 0 Å². The average Bonchev–Trinajstić information content (AvgIpc) is 2.54. The Labute approximate surface area is 135 Å². The fourth-order valence-electron chi connectivity index (χ4n) is 2.67. The molecule has 0 aromatic heterocycles. The first-order valence-corrected chi connectivity index (χ1v) is 7.88. The van der Waals surface area contributed by atoms with Crippen LogP contribution in [-0.4, -0.2) is 31.1 Å². The van der Waals surface area contributed by atoms with Gasteiger partial charge in [-0.1, -0.05) is 31.9 Å². The van der Waals surface area contributed by atoms with Crippen LogP contribution >= 0.6 is 0 Å². The molecule has 1 aliphatic rings. The summed E-state index contributed by atoms with van der Waals surface area (Å²) in [4.78, 5) is 23.3. The van der Waals surface area contributed by atoms with E-state index in [0.717, 1.165) is 19.3 Å². The zero-order valence-electron chi connectivity index (χ0n) is 13.2. The topological polar surface area (TPSA) is 64.6 Å². The van der Waals surface area contributed by atoms with Crippen molar-refractivity contribution in [3.63, 3.8) is 0 Å². The molecule has 23 heavy (non-hydrogen) atoms. The summed E-state index contributed by atoms with van der Waals surface area (Å²) in [5.74, 6) is -1.16. The van der Waals surface area contributed by atoms with Gasteiger partial charge in [-0.2, -0.15) is 0 Å². The lowest BCUT2D eigenvalue weighted by molar-refractivity contribution is -0.150. The third-order valence-electron chi connectivity index (χ3n) is 4.00. The fourth-order valence-corrected chi connectivity index (χ4v) is 2.67. The van der Waals surface area contributed by atoms with Gasteiger partial charge in [0.25, 0.3) is 5.91 Å². The van der Waals surface area contributed by atoms with E-state index < -0.39 is 18.4 Å². The molecule has 0 saturated heterocycles. The zero-order chi connectivity index (χ0) is 16.7. The summed E-state index contributed by atoms with van der Waals surface area (Å²) in [5.41, 5.74) is 0. The molecule has 1 aromatic rings. The average molecular weight is 323 g/mol. The molecule has 2 rings (SSSR count). The second-order valence-electron chi connectivity index (χ2n) is 5.82.